The summed E-state index contributed by atoms with van der Waals surface area (Å²) >= 11 is 3.37. The minimum absolute atomic E-state index is 0.0452. The second-order valence-corrected chi connectivity index (χ2v) is 5.74. The van der Waals surface area contributed by atoms with Gasteiger partial charge in [0.25, 0.3) is 0 Å². The number of Topliss-reactive ketones (excluding diaryl/α,β-unsaturated/α-hetero) is 1. The maximum atomic E-state index is 12.3. The maximum Gasteiger partial charge on any atom is 0.169 e. The van der Waals surface area contributed by atoms with Crippen molar-refractivity contribution < 1.29 is 4.79 Å². The van der Waals surface area contributed by atoms with E-state index in [-0.39, 0.29) is 5.78 Å². The van der Waals surface area contributed by atoms with E-state index in [1.165, 1.54) is 11.1 Å². The molecule has 0 aliphatic heterocycles. The van der Waals surface area contributed by atoms with Crippen LogP contribution in [0.15, 0.2) is 40.9 Å². The average Bonchev–Trinajstić information content (AvgIpc) is 2.30. The molecule has 2 N–H and O–H groups in total. The Labute approximate surface area is 121 Å². The summed E-state index contributed by atoms with van der Waals surface area (Å²) in [4.78, 5) is 12.3. The van der Waals surface area contributed by atoms with Gasteiger partial charge in [0.2, 0.25) is 0 Å². The van der Waals surface area contributed by atoms with Crippen molar-refractivity contribution in [1.29, 1.82) is 0 Å². The van der Waals surface area contributed by atoms with Crippen LogP contribution in [0.25, 0.3) is 0 Å². The van der Waals surface area contributed by atoms with Crippen molar-refractivity contribution in [3.63, 3.8) is 0 Å². The maximum absolute atomic E-state index is 12.3. The number of hydrogen-bond donors (Lipinski definition) is 1. The van der Waals surface area contributed by atoms with E-state index in [9.17, 15) is 4.79 Å². The minimum atomic E-state index is 0.0452. The van der Waals surface area contributed by atoms with E-state index < -0.39 is 0 Å². The number of nitrogen functional groups attached to an aromatic ring is 1. The third-order valence-electron chi connectivity index (χ3n) is 2.96. The number of rotatable bonds is 3. The summed E-state index contributed by atoms with van der Waals surface area (Å²) in [6.07, 6.45) is 0.378. The van der Waals surface area contributed by atoms with Crippen LogP contribution < -0.4 is 5.73 Å². The number of aryl methyl sites for hydroxylation is 2. The molecule has 0 aliphatic rings. The van der Waals surface area contributed by atoms with Crippen LogP contribution in [0.2, 0.25) is 0 Å². The molecule has 0 heterocycles. The molecule has 3 heteroatoms. The molecule has 0 saturated heterocycles. The monoisotopic (exact) mass is 317 g/mol. The van der Waals surface area contributed by atoms with Crippen molar-refractivity contribution in [1.82, 2.24) is 0 Å². The second kappa shape index (κ2) is 5.57. The van der Waals surface area contributed by atoms with Gasteiger partial charge in [-0.05, 0) is 37.6 Å². The standard InChI is InChI=1S/C16H16BrNO/c1-10-5-11(2)7-12(6-10)8-16(19)14-9-13(17)3-4-15(14)18/h3-7,9H,8,18H2,1-2H3. The highest BCUT2D eigenvalue weighted by molar-refractivity contribution is 9.10. The molecule has 2 aromatic carbocycles. The summed E-state index contributed by atoms with van der Waals surface area (Å²) in [7, 11) is 0. The van der Waals surface area contributed by atoms with Gasteiger partial charge in [0.05, 0.1) is 0 Å². The zero-order valence-electron chi connectivity index (χ0n) is 11.0. The van der Waals surface area contributed by atoms with E-state index in [1.54, 1.807) is 12.1 Å². The zero-order valence-corrected chi connectivity index (χ0v) is 12.6. The molecule has 19 heavy (non-hydrogen) atoms. The highest BCUT2D eigenvalue weighted by atomic mass is 79.9. The van der Waals surface area contributed by atoms with Gasteiger partial charge in [-0.2, -0.15) is 0 Å². The topological polar surface area (TPSA) is 43.1 Å². The minimum Gasteiger partial charge on any atom is -0.398 e. The van der Waals surface area contributed by atoms with Crippen LogP contribution in [0.1, 0.15) is 27.0 Å². The van der Waals surface area contributed by atoms with E-state index in [2.05, 4.69) is 22.0 Å². The first-order valence-electron chi connectivity index (χ1n) is 6.11. The molecule has 0 aromatic heterocycles. The molecule has 0 fully saturated rings. The number of ketones is 1. The summed E-state index contributed by atoms with van der Waals surface area (Å²) in [5, 5.41) is 0. The smallest absolute Gasteiger partial charge is 0.169 e. The molecule has 0 amide bonds. The number of nitrogens with two attached hydrogens (primary N) is 1. The molecule has 0 unspecified atom stereocenters. The molecule has 0 aliphatic carbocycles. The van der Waals surface area contributed by atoms with Crippen LogP contribution in [0.4, 0.5) is 5.69 Å². The van der Waals surface area contributed by atoms with Crippen LogP contribution in [-0.2, 0) is 6.42 Å². The van der Waals surface area contributed by atoms with Crippen LogP contribution >= 0.6 is 15.9 Å². The SMILES string of the molecule is Cc1cc(C)cc(CC(=O)c2cc(Br)ccc2N)c1. The molecular weight excluding hydrogens is 302 g/mol. The third-order valence-corrected chi connectivity index (χ3v) is 3.46. The molecule has 2 rings (SSSR count). The first-order chi connectivity index (χ1) is 8.95. The lowest BCUT2D eigenvalue weighted by Crippen LogP contribution is -2.07. The van der Waals surface area contributed by atoms with Crippen molar-refractivity contribution >= 4 is 27.4 Å². The quantitative estimate of drug-likeness (QED) is 0.685. The van der Waals surface area contributed by atoms with Gasteiger partial charge in [0.15, 0.2) is 5.78 Å². The van der Waals surface area contributed by atoms with Gasteiger partial charge in [-0.1, -0.05) is 45.3 Å². The molecule has 0 atom stereocenters. The van der Waals surface area contributed by atoms with Crippen molar-refractivity contribution in [2.24, 2.45) is 0 Å². The first kappa shape index (κ1) is 13.8. The number of hydrogen-bond acceptors (Lipinski definition) is 2. The van der Waals surface area contributed by atoms with Gasteiger partial charge in [0.1, 0.15) is 0 Å². The molecule has 98 valence electrons. The van der Waals surface area contributed by atoms with Gasteiger partial charge >= 0.3 is 0 Å². The van der Waals surface area contributed by atoms with Gasteiger partial charge < -0.3 is 5.73 Å². The fourth-order valence-corrected chi connectivity index (χ4v) is 2.58. The van der Waals surface area contributed by atoms with Gasteiger partial charge in [-0.15, -0.1) is 0 Å². The highest BCUT2D eigenvalue weighted by Crippen LogP contribution is 2.21. The molecule has 0 spiro atoms. The van der Waals surface area contributed by atoms with E-state index >= 15 is 0 Å². The van der Waals surface area contributed by atoms with Crippen molar-refractivity contribution in [3.8, 4) is 0 Å². The molecule has 2 nitrogen and oxygen atoms in total. The summed E-state index contributed by atoms with van der Waals surface area (Å²) in [5.74, 6) is 0.0452. The Morgan fingerprint density at radius 3 is 2.37 bits per heavy atom. The molecule has 2 aromatic rings. The molecule has 0 bridgehead atoms. The molecule has 0 saturated carbocycles. The Bertz CT molecular complexity index is 614. The Balaban J connectivity index is 2.28. The largest absolute Gasteiger partial charge is 0.398 e. The predicted molar refractivity (Wildman–Crippen MR) is 82.5 cm³/mol. The number of halogens is 1. The van der Waals surface area contributed by atoms with Crippen LogP contribution in [0.5, 0.6) is 0 Å². The number of anilines is 1. The first-order valence-corrected chi connectivity index (χ1v) is 6.90. The van der Waals surface area contributed by atoms with Crippen molar-refractivity contribution in [2.75, 3.05) is 5.73 Å². The highest BCUT2D eigenvalue weighted by Gasteiger charge is 2.11. The number of carbonyl (C=O) groups is 1. The fourth-order valence-electron chi connectivity index (χ4n) is 2.22. The fraction of sp³-hybridized carbons (Fsp3) is 0.188. The van der Waals surface area contributed by atoms with Crippen molar-refractivity contribution in [2.45, 2.75) is 20.3 Å². The molecular formula is C16H16BrNO. The van der Waals surface area contributed by atoms with Gasteiger partial charge in [-0.3, -0.25) is 4.79 Å². The molecule has 0 radical (unpaired) electrons. The van der Waals surface area contributed by atoms with Crippen LogP contribution in [0, 0.1) is 13.8 Å². The number of carbonyl (C=O) groups excluding carboxylic acids is 1. The average molecular weight is 318 g/mol. The Hall–Kier alpha value is -1.61. The van der Waals surface area contributed by atoms with Crippen LogP contribution in [-0.4, -0.2) is 5.78 Å². The lowest BCUT2D eigenvalue weighted by molar-refractivity contribution is 0.0994. The Morgan fingerprint density at radius 2 is 1.74 bits per heavy atom. The number of benzene rings is 2. The van der Waals surface area contributed by atoms with E-state index in [4.69, 9.17) is 5.73 Å². The summed E-state index contributed by atoms with van der Waals surface area (Å²) in [6, 6.07) is 11.5. The Kier molecular flexibility index (Phi) is 4.05. The summed E-state index contributed by atoms with van der Waals surface area (Å²) in [6.45, 7) is 4.07. The van der Waals surface area contributed by atoms with Gasteiger partial charge in [-0.25, -0.2) is 0 Å². The zero-order chi connectivity index (χ0) is 14.0. The third kappa shape index (κ3) is 3.44. The lowest BCUT2D eigenvalue weighted by atomic mass is 9.99. The lowest BCUT2D eigenvalue weighted by Gasteiger charge is -2.07. The normalized spacial score (nSPS) is 10.5. The predicted octanol–water partition coefficient (Wildman–Crippen LogP) is 4.07. The Morgan fingerprint density at radius 1 is 1.11 bits per heavy atom. The second-order valence-electron chi connectivity index (χ2n) is 4.83. The van der Waals surface area contributed by atoms with E-state index in [1.807, 2.05) is 32.0 Å². The van der Waals surface area contributed by atoms with Gasteiger partial charge in [0, 0.05) is 22.1 Å². The van der Waals surface area contributed by atoms with Crippen LogP contribution in [0.3, 0.4) is 0 Å². The summed E-state index contributed by atoms with van der Waals surface area (Å²) < 4.78 is 0.866. The van der Waals surface area contributed by atoms with E-state index in [0.29, 0.717) is 17.7 Å². The van der Waals surface area contributed by atoms with E-state index in [0.717, 1.165) is 10.0 Å². The summed E-state index contributed by atoms with van der Waals surface area (Å²) in [5.41, 5.74) is 10.3. The van der Waals surface area contributed by atoms with Crippen molar-refractivity contribution in [3.05, 3.63) is 63.1 Å².